The zero-order valence-electron chi connectivity index (χ0n) is 23.3. The van der Waals surface area contributed by atoms with Crippen LogP contribution in [0.1, 0.15) is 43.1 Å². The lowest BCUT2D eigenvalue weighted by Crippen LogP contribution is -2.44. The number of nitrogens with one attached hydrogen (secondary N) is 3. The van der Waals surface area contributed by atoms with Gasteiger partial charge in [0.15, 0.2) is 0 Å². The number of rotatable bonds is 9. The third-order valence-electron chi connectivity index (χ3n) is 5.86. The van der Waals surface area contributed by atoms with Gasteiger partial charge in [-0.1, -0.05) is 32.9 Å². The van der Waals surface area contributed by atoms with Crippen LogP contribution in [0.15, 0.2) is 41.4 Å². The lowest BCUT2D eigenvalue weighted by molar-refractivity contribution is -0.192. The highest BCUT2D eigenvalue weighted by atomic mass is 32.2. The SMILES string of the molecule is COCCCNC(=O)c1cc(NS(=O)(=O)c2ccc(C(C)(C)C)cc2)cnc1N1CCNCC1.O=C(O)C(F)(F)F. The summed E-state index contributed by atoms with van der Waals surface area (Å²) >= 11 is 0. The summed E-state index contributed by atoms with van der Waals surface area (Å²) in [5, 5.41) is 13.3. The van der Waals surface area contributed by atoms with Crippen molar-refractivity contribution in [3.8, 4) is 0 Å². The van der Waals surface area contributed by atoms with Gasteiger partial charge in [-0.25, -0.2) is 18.2 Å². The standard InChI is InChI=1S/C24H35N5O4S.C2HF3O2/c1-24(2,3)18-6-8-20(9-7-18)34(31,32)28-19-16-21(23(30)26-10-5-15-33-4)22(27-17-19)29-13-11-25-12-14-29;3-2(4,5)1(6)7/h6-9,16-17,25,28H,5,10-15H2,1-4H3,(H,26,30);(H,6,7). The van der Waals surface area contributed by atoms with E-state index in [4.69, 9.17) is 14.6 Å². The average Bonchev–Trinajstić information content (AvgIpc) is 2.90. The zero-order valence-corrected chi connectivity index (χ0v) is 24.2. The van der Waals surface area contributed by atoms with Crippen LogP contribution in [0.5, 0.6) is 0 Å². The largest absolute Gasteiger partial charge is 0.490 e. The number of hydrogen-bond acceptors (Lipinski definition) is 8. The van der Waals surface area contributed by atoms with Gasteiger partial charge in [-0.05, 0) is 35.6 Å². The molecule has 0 unspecified atom stereocenters. The normalized spacial score (nSPS) is 14.1. The molecule has 0 aliphatic carbocycles. The molecule has 41 heavy (non-hydrogen) atoms. The van der Waals surface area contributed by atoms with E-state index in [1.807, 2.05) is 17.0 Å². The quantitative estimate of drug-likeness (QED) is 0.317. The van der Waals surface area contributed by atoms with Crippen LogP contribution in [0.25, 0.3) is 0 Å². The van der Waals surface area contributed by atoms with Crippen LogP contribution in [0.4, 0.5) is 24.7 Å². The molecule has 1 aliphatic rings. The fourth-order valence-corrected chi connectivity index (χ4v) is 4.71. The molecule has 1 fully saturated rings. The van der Waals surface area contributed by atoms with Gasteiger partial charge in [0.1, 0.15) is 5.82 Å². The Bertz CT molecular complexity index is 1280. The van der Waals surface area contributed by atoms with Gasteiger partial charge in [0.05, 0.1) is 22.3 Å². The fraction of sp³-hybridized carbons (Fsp3) is 0.500. The van der Waals surface area contributed by atoms with Gasteiger partial charge < -0.3 is 25.4 Å². The van der Waals surface area contributed by atoms with Crippen molar-refractivity contribution in [2.24, 2.45) is 0 Å². The maximum atomic E-state index is 13.0. The number of anilines is 2. The van der Waals surface area contributed by atoms with Crippen molar-refractivity contribution in [2.45, 2.75) is 43.7 Å². The van der Waals surface area contributed by atoms with Gasteiger partial charge in [-0.3, -0.25) is 9.52 Å². The first kappa shape index (κ1) is 33.8. The maximum absolute atomic E-state index is 13.0. The Hall–Kier alpha value is -3.43. The van der Waals surface area contributed by atoms with Gasteiger partial charge >= 0.3 is 12.1 Å². The Morgan fingerprint density at radius 1 is 1.12 bits per heavy atom. The van der Waals surface area contributed by atoms with Crippen molar-refractivity contribution in [3.05, 3.63) is 47.7 Å². The number of ether oxygens (including phenoxy) is 1. The number of carboxylic acid groups (broad SMARTS) is 1. The highest BCUT2D eigenvalue weighted by molar-refractivity contribution is 7.92. The third-order valence-corrected chi connectivity index (χ3v) is 7.26. The number of piperazine rings is 1. The number of carbonyl (C=O) groups excluding carboxylic acids is 1. The average molecular weight is 604 g/mol. The van der Waals surface area contributed by atoms with E-state index in [1.54, 1.807) is 25.3 Å². The van der Waals surface area contributed by atoms with E-state index in [0.717, 1.165) is 18.7 Å². The van der Waals surface area contributed by atoms with Gasteiger partial charge in [-0.15, -0.1) is 0 Å². The predicted molar refractivity (Wildman–Crippen MR) is 148 cm³/mol. The van der Waals surface area contributed by atoms with Crippen molar-refractivity contribution < 1.29 is 41.0 Å². The summed E-state index contributed by atoms with van der Waals surface area (Å²) in [6, 6.07) is 8.37. The minimum Gasteiger partial charge on any atom is -0.475 e. The molecule has 0 bridgehead atoms. The smallest absolute Gasteiger partial charge is 0.475 e. The van der Waals surface area contributed by atoms with Crippen LogP contribution in [0.2, 0.25) is 0 Å². The first-order chi connectivity index (χ1) is 19.1. The minimum absolute atomic E-state index is 0.0784. The topological polar surface area (TPSA) is 150 Å². The second-order valence-corrected chi connectivity index (χ2v) is 11.8. The van der Waals surface area contributed by atoms with Crippen molar-refractivity contribution in [2.75, 3.05) is 56.1 Å². The van der Waals surface area contributed by atoms with Crippen LogP contribution < -0.4 is 20.3 Å². The van der Waals surface area contributed by atoms with E-state index in [-0.39, 0.29) is 21.9 Å². The van der Waals surface area contributed by atoms with E-state index >= 15 is 0 Å². The number of aromatic nitrogens is 1. The molecule has 0 saturated carbocycles. The number of nitrogens with zero attached hydrogens (tertiary/aromatic N) is 2. The molecule has 1 aromatic carbocycles. The van der Waals surface area contributed by atoms with Gasteiger partial charge in [0.25, 0.3) is 15.9 Å². The molecular weight excluding hydrogens is 567 g/mol. The number of carbonyl (C=O) groups is 2. The number of pyridine rings is 1. The molecule has 1 saturated heterocycles. The number of benzene rings is 1. The summed E-state index contributed by atoms with van der Waals surface area (Å²) in [6.45, 7) is 10.2. The molecule has 1 aliphatic heterocycles. The molecule has 0 spiro atoms. The Kier molecular flexibility index (Phi) is 11.9. The molecule has 1 aromatic heterocycles. The Balaban J connectivity index is 0.000000745. The van der Waals surface area contributed by atoms with Crippen molar-refractivity contribution >= 4 is 33.4 Å². The monoisotopic (exact) mass is 603 g/mol. The number of halogens is 3. The summed E-state index contributed by atoms with van der Waals surface area (Å²) in [5.74, 6) is -2.51. The highest BCUT2D eigenvalue weighted by Crippen LogP contribution is 2.26. The summed E-state index contributed by atoms with van der Waals surface area (Å²) in [6.07, 6.45) is -2.95. The Labute approximate surface area is 237 Å². The van der Waals surface area contributed by atoms with Crippen LogP contribution in [0, 0.1) is 0 Å². The number of hydrogen-bond donors (Lipinski definition) is 4. The van der Waals surface area contributed by atoms with Crippen molar-refractivity contribution in [1.82, 2.24) is 15.6 Å². The summed E-state index contributed by atoms with van der Waals surface area (Å²) in [7, 11) is -2.23. The van der Waals surface area contributed by atoms with Crippen molar-refractivity contribution in [1.29, 1.82) is 0 Å². The molecular formula is C26H36F3N5O6S. The number of aliphatic carboxylic acids is 1. The third kappa shape index (κ3) is 10.5. The molecule has 0 atom stereocenters. The molecule has 11 nitrogen and oxygen atoms in total. The number of amides is 1. The number of methoxy groups -OCH3 is 1. The molecule has 15 heteroatoms. The zero-order chi connectivity index (χ0) is 30.8. The maximum Gasteiger partial charge on any atom is 0.490 e. The highest BCUT2D eigenvalue weighted by Gasteiger charge is 2.38. The molecule has 2 aromatic rings. The first-order valence-electron chi connectivity index (χ1n) is 12.7. The molecule has 2 heterocycles. The molecule has 3 rings (SSSR count). The van der Waals surface area contributed by atoms with Gasteiger partial charge in [0, 0.05) is 46.4 Å². The summed E-state index contributed by atoms with van der Waals surface area (Å²) in [4.78, 5) is 28.5. The number of carboxylic acids is 1. The molecule has 228 valence electrons. The van der Waals surface area contributed by atoms with Crippen LogP contribution >= 0.6 is 0 Å². The Morgan fingerprint density at radius 2 is 1.71 bits per heavy atom. The lowest BCUT2D eigenvalue weighted by Gasteiger charge is -2.30. The van der Waals surface area contributed by atoms with Gasteiger partial charge in [0.2, 0.25) is 0 Å². The van der Waals surface area contributed by atoms with Crippen LogP contribution in [0.3, 0.4) is 0 Å². The fourth-order valence-electron chi connectivity index (χ4n) is 3.67. The molecule has 1 amide bonds. The first-order valence-corrected chi connectivity index (χ1v) is 14.2. The lowest BCUT2D eigenvalue weighted by atomic mass is 9.87. The number of sulfonamides is 1. The molecule has 0 radical (unpaired) electrons. The van der Waals surface area contributed by atoms with Gasteiger partial charge in [-0.2, -0.15) is 13.2 Å². The van der Waals surface area contributed by atoms with Crippen LogP contribution in [-0.4, -0.2) is 83.0 Å². The van der Waals surface area contributed by atoms with Crippen LogP contribution in [-0.2, 0) is 25.0 Å². The molecule has 4 N–H and O–H groups in total. The van der Waals surface area contributed by atoms with E-state index in [9.17, 15) is 26.4 Å². The second kappa shape index (κ2) is 14.5. The Morgan fingerprint density at radius 3 is 2.22 bits per heavy atom. The van der Waals surface area contributed by atoms with E-state index in [1.165, 1.54) is 6.20 Å². The van der Waals surface area contributed by atoms with E-state index in [0.29, 0.717) is 44.0 Å². The minimum atomic E-state index is -5.08. The predicted octanol–water partition coefficient (Wildman–Crippen LogP) is 2.99. The van der Waals surface area contributed by atoms with E-state index < -0.39 is 22.2 Å². The summed E-state index contributed by atoms with van der Waals surface area (Å²) in [5.41, 5.74) is 1.54. The number of alkyl halides is 3. The second-order valence-electron chi connectivity index (χ2n) is 10.1. The summed E-state index contributed by atoms with van der Waals surface area (Å²) < 4.78 is 65.3. The van der Waals surface area contributed by atoms with Crippen molar-refractivity contribution in [3.63, 3.8) is 0 Å². The van der Waals surface area contributed by atoms with E-state index in [2.05, 4.69) is 41.1 Å².